The molecule has 1 atom stereocenters. The van der Waals surface area contributed by atoms with Crippen molar-refractivity contribution in [3.63, 3.8) is 0 Å². The molecule has 0 aliphatic rings. The van der Waals surface area contributed by atoms with Crippen molar-refractivity contribution in [3.8, 4) is 5.75 Å². The molecule has 0 spiro atoms. The second-order valence-corrected chi connectivity index (χ2v) is 6.29. The summed E-state index contributed by atoms with van der Waals surface area (Å²) in [6.45, 7) is 3.50. The standard InChI is InChI=1S/C14H17N5O4S/c1-8(24-14-17-16-9(2)18(14)3)13(20)15-11-6-5-10(23-4)7-12(11)19(21)22/h5-8H,1-4H3,(H,15,20)/t8-/m1/s1. The number of methoxy groups -OCH3 is 1. The Bertz CT molecular complexity index is 777. The fourth-order valence-electron chi connectivity index (χ4n) is 1.83. The van der Waals surface area contributed by atoms with E-state index in [2.05, 4.69) is 15.5 Å². The summed E-state index contributed by atoms with van der Waals surface area (Å²) in [7, 11) is 3.22. The number of ether oxygens (including phenoxy) is 1. The minimum Gasteiger partial charge on any atom is -0.496 e. The van der Waals surface area contributed by atoms with Crippen LogP contribution >= 0.6 is 11.8 Å². The highest BCUT2D eigenvalue weighted by molar-refractivity contribution is 8.00. The van der Waals surface area contributed by atoms with Gasteiger partial charge in [0.2, 0.25) is 5.91 Å². The van der Waals surface area contributed by atoms with Gasteiger partial charge in [0.25, 0.3) is 5.69 Å². The number of hydrogen-bond acceptors (Lipinski definition) is 7. The van der Waals surface area contributed by atoms with Gasteiger partial charge in [-0.2, -0.15) is 0 Å². The minimum atomic E-state index is -0.567. The zero-order valence-electron chi connectivity index (χ0n) is 13.6. The van der Waals surface area contributed by atoms with Crippen LogP contribution in [0.25, 0.3) is 0 Å². The van der Waals surface area contributed by atoms with Crippen molar-refractivity contribution < 1.29 is 14.5 Å². The quantitative estimate of drug-likeness (QED) is 0.482. The smallest absolute Gasteiger partial charge is 0.296 e. The van der Waals surface area contributed by atoms with Crippen LogP contribution in [0.5, 0.6) is 5.75 Å². The maximum atomic E-state index is 12.3. The number of nitrogens with zero attached hydrogens (tertiary/aromatic N) is 4. The summed E-state index contributed by atoms with van der Waals surface area (Å²) in [4.78, 5) is 22.9. The molecule has 24 heavy (non-hydrogen) atoms. The van der Waals surface area contributed by atoms with Crippen molar-refractivity contribution in [2.45, 2.75) is 24.3 Å². The fourth-order valence-corrected chi connectivity index (χ4v) is 2.69. The molecule has 2 rings (SSSR count). The lowest BCUT2D eigenvalue weighted by Gasteiger charge is -2.12. The van der Waals surface area contributed by atoms with Gasteiger partial charge in [-0.3, -0.25) is 14.9 Å². The summed E-state index contributed by atoms with van der Waals surface area (Å²) >= 11 is 1.22. The third-order valence-corrected chi connectivity index (χ3v) is 4.50. The van der Waals surface area contributed by atoms with E-state index < -0.39 is 10.2 Å². The summed E-state index contributed by atoms with van der Waals surface area (Å²) in [5, 5.41) is 21.7. The first-order valence-corrected chi connectivity index (χ1v) is 7.87. The monoisotopic (exact) mass is 351 g/mol. The van der Waals surface area contributed by atoms with Crippen LogP contribution in [-0.2, 0) is 11.8 Å². The molecule has 0 fully saturated rings. The summed E-state index contributed by atoms with van der Waals surface area (Å²) in [6, 6.07) is 4.25. The van der Waals surface area contributed by atoms with E-state index in [0.717, 1.165) is 5.82 Å². The van der Waals surface area contributed by atoms with E-state index in [1.165, 1.54) is 31.0 Å². The Morgan fingerprint density at radius 3 is 2.71 bits per heavy atom. The first kappa shape index (κ1) is 17.7. The Kier molecular flexibility index (Phi) is 5.39. The molecule has 0 aliphatic heterocycles. The van der Waals surface area contributed by atoms with Crippen LogP contribution in [0.15, 0.2) is 23.4 Å². The van der Waals surface area contributed by atoms with E-state index in [-0.39, 0.29) is 17.3 Å². The molecular weight excluding hydrogens is 334 g/mol. The van der Waals surface area contributed by atoms with E-state index in [1.54, 1.807) is 24.6 Å². The summed E-state index contributed by atoms with van der Waals surface area (Å²) in [6.07, 6.45) is 0. The molecule has 1 amide bonds. The molecule has 1 aromatic carbocycles. The van der Waals surface area contributed by atoms with Gasteiger partial charge in [0.1, 0.15) is 17.3 Å². The van der Waals surface area contributed by atoms with E-state index in [4.69, 9.17) is 4.74 Å². The number of rotatable bonds is 6. The number of carbonyl (C=O) groups excluding carboxylic acids is 1. The van der Waals surface area contributed by atoms with Gasteiger partial charge in [-0.25, -0.2) is 0 Å². The molecule has 128 valence electrons. The number of benzene rings is 1. The number of aromatic nitrogens is 3. The highest BCUT2D eigenvalue weighted by Gasteiger charge is 2.22. The number of nitro benzene ring substituents is 1. The third kappa shape index (κ3) is 3.82. The Morgan fingerprint density at radius 2 is 2.17 bits per heavy atom. The highest BCUT2D eigenvalue weighted by Crippen LogP contribution is 2.30. The second-order valence-electron chi connectivity index (χ2n) is 4.98. The van der Waals surface area contributed by atoms with Gasteiger partial charge in [0, 0.05) is 7.05 Å². The van der Waals surface area contributed by atoms with Crippen LogP contribution in [0.3, 0.4) is 0 Å². The van der Waals surface area contributed by atoms with Gasteiger partial charge in [0.05, 0.1) is 23.3 Å². The van der Waals surface area contributed by atoms with Crippen molar-refractivity contribution in [1.82, 2.24) is 14.8 Å². The molecule has 1 heterocycles. The summed E-state index contributed by atoms with van der Waals surface area (Å²) in [5.41, 5.74) is -0.109. The lowest BCUT2D eigenvalue weighted by atomic mass is 10.2. The molecule has 0 aliphatic carbocycles. The highest BCUT2D eigenvalue weighted by atomic mass is 32.2. The number of anilines is 1. The number of thioether (sulfide) groups is 1. The molecule has 1 N–H and O–H groups in total. The molecule has 0 saturated carbocycles. The van der Waals surface area contributed by atoms with Gasteiger partial charge in [-0.15, -0.1) is 10.2 Å². The summed E-state index contributed by atoms with van der Waals surface area (Å²) in [5.74, 6) is 0.710. The molecule has 0 unspecified atom stereocenters. The molecule has 9 nitrogen and oxygen atoms in total. The molecular formula is C14H17N5O4S. The number of nitro groups is 1. The normalized spacial score (nSPS) is 11.8. The molecule has 1 aromatic heterocycles. The van der Waals surface area contributed by atoms with Crippen LogP contribution in [0.1, 0.15) is 12.7 Å². The molecule has 0 radical (unpaired) electrons. The van der Waals surface area contributed by atoms with Crippen molar-refractivity contribution in [2.75, 3.05) is 12.4 Å². The van der Waals surface area contributed by atoms with Crippen molar-refractivity contribution in [2.24, 2.45) is 7.05 Å². The zero-order valence-corrected chi connectivity index (χ0v) is 14.5. The van der Waals surface area contributed by atoms with E-state index in [9.17, 15) is 14.9 Å². The van der Waals surface area contributed by atoms with Gasteiger partial charge in [-0.1, -0.05) is 11.8 Å². The van der Waals surface area contributed by atoms with Gasteiger partial charge in [0.15, 0.2) is 5.16 Å². The SMILES string of the molecule is COc1ccc(NC(=O)[C@@H](C)Sc2nnc(C)n2C)c([N+](=O)[O-])c1. The number of nitrogens with one attached hydrogen (secondary N) is 1. The Morgan fingerprint density at radius 1 is 1.46 bits per heavy atom. The topological polar surface area (TPSA) is 112 Å². The van der Waals surface area contributed by atoms with E-state index >= 15 is 0 Å². The number of amides is 1. The van der Waals surface area contributed by atoms with E-state index in [1.807, 2.05) is 6.92 Å². The fraction of sp³-hybridized carbons (Fsp3) is 0.357. The Labute approximate surface area is 142 Å². The number of hydrogen-bond donors (Lipinski definition) is 1. The zero-order chi connectivity index (χ0) is 17.9. The van der Waals surface area contributed by atoms with Crippen LogP contribution in [0.2, 0.25) is 0 Å². The lowest BCUT2D eigenvalue weighted by Crippen LogP contribution is -2.23. The molecule has 0 bridgehead atoms. The largest absolute Gasteiger partial charge is 0.496 e. The average molecular weight is 351 g/mol. The number of carbonyl (C=O) groups is 1. The van der Waals surface area contributed by atoms with Gasteiger partial charge >= 0.3 is 0 Å². The Balaban J connectivity index is 2.14. The van der Waals surface area contributed by atoms with Crippen LogP contribution in [-0.4, -0.2) is 38.0 Å². The van der Waals surface area contributed by atoms with Crippen molar-refractivity contribution in [1.29, 1.82) is 0 Å². The second kappa shape index (κ2) is 7.30. The molecule has 10 heteroatoms. The van der Waals surface area contributed by atoms with Crippen LogP contribution < -0.4 is 10.1 Å². The predicted molar refractivity (Wildman–Crippen MR) is 89.3 cm³/mol. The van der Waals surface area contributed by atoms with E-state index in [0.29, 0.717) is 10.9 Å². The third-order valence-electron chi connectivity index (χ3n) is 3.36. The van der Waals surface area contributed by atoms with Crippen LogP contribution in [0.4, 0.5) is 11.4 Å². The molecule has 0 saturated heterocycles. The molecule has 2 aromatic rings. The van der Waals surface area contributed by atoms with Gasteiger partial charge < -0.3 is 14.6 Å². The number of aryl methyl sites for hydroxylation is 1. The van der Waals surface area contributed by atoms with Crippen LogP contribution in [0, 0.1) is 17.0 Å². The first-order chi connectivity index (χ1) is 11.3. The summed E-state index contributed by atoms with van der Waals surface area (Å²) < 4.78 is 6.74. The van der Waals surface area contributed by atoms with Crippen molar-refractivity contribution in [3.05, 3.63) is 34.1 Å². The predicted octanol–water partition coefficient (Wildman–Crippen LogP) is 2.16. The average Bonchev–Trinajstić information content (AvgIpc) is 2.86. The van der Waals surface area contributed by atoms with Crippen molar-refractivity contribution >= 4 is 29.0 Å². The maximum absolute atomic E-state index is 12.3. The maximum Gasteiger partial charge on any atom is 0.296 e. The Hall–Kier alpha value is -2.62. The minimum absolute atomic E-state index is 0.118. The van der Waals surface area contributed by atoms with Gasteiger partial charge in [-0.05, 0) is 26.0 Å². The first-order valence-electron chi connectivity index (χ1n) is 6.99. The lowest BCUT2D eigenvalue weighted by molar-refractivity contribution is -0.384.